The van der Waals surface area contributed by atoms with Gasteiger partial charge in [0.2, 0.25) is 0 Å². The molecule has 11 heavy (non-hydrogen) atoms. The molecule has 0 aromatic carbocycles. The average Bonchev–Trinajstić information content (AvgIpc) is 1.98. The molecule has 0 radical (unpaired) electrons. The molecule has 3 N–H and O–H groups in total. The van der Waals surface area contributed by atoms with E-state index < -0.39 is 18.0 Å². The molecule has 0 bridgehead atoms. The van der Waals surface area contributed by atoms with Crippen LogP contribution in [0, 0.1) is 0 Å². The Kier molecular flexibility index (Phi) is 2.40. The minimum Gasteiger partial charge on any atom is -0.336 e. The van der Waals surface area contributed by atoms with Crippen LogP contribution in [0.5, 0.6) is 0 Å². The van der Waals surface area contributed by atoms with Gasteiger partial charge in [-0.3, -0.25) is 4.79 Å². The highest BCUT2D eigenvalue weighted by molar-refractivity contribution is 5.77. The van der Waals surface area contributed by atoms with Crippen LogP contribution in [0.4, 0.5) is 0 Å². The van der Waals surface area contributed by atoms with Crippen molar-refractivity contribution in [3.8, 4) is 0 Å². The summed E-state index contributed by atoms with van der Waals surface area (Å²) in [5, 5.41) is 0. The molecule has 0 saturated carbocycles. The fourth-order valence-electron chi connectivity index (χ4n) is 0.626. The zero-order valence-corrected chi connectivity index (χ0v) is 5.70. The van der Waals surface area contributed by atoms with Gasteiger partial charge in [-0.15, -0.1) is 0 Å². The van der Waals surface area contributed by atoms with Crippen molar-refractivity contribution in [1.29, 1.82) is 0 Å². The second-order valence-corrected chi connectivity index (χ2v) is 2.12. The van der Waals surface area contributed by atoms with Gasteiger partial charge in [0.25, 0.3) is 0 Å². The standard InChI is InChI=1S/C5H8N2O4/c6-3-1-2-4(8)10-7-11-5(3)9/h3,7H,1-2,6H2/t3-/m1/s1. The van der Waals surface area contributed by atoms with Crippen LogP contribution in [-0.4, -0.2) is 18.0 Å². The molecule has 0 unspecified atom stereocenters. The quantitative estimate of drug-likeness (QED) is 0.453. The van der Waals surface area contributed by atoms with Gasteiger partial charge in [-0.2, -0.15) is 0 Å². The third-order valence-corrected chi connectivity index (χ3v) is 1.26. The van der Waals surface area contributed by atoms with Crippen LogP contribution >= 0.6 is 0 Å². The molecular formula is C5H8N2O4. The van der Waals surface area contributed by atoms with E-state index in [0.29, 0.717) is 0 Å². The van der Waals surface area contributed by atoms with Gasteiger partial charge in [0.15, 0.2) is 0 Å². The van der Waals surface area contributed by atoms with E-state index >= 15 is 0 Å². The zero-order chi connectivity index (χ0) is 8.27. The normalized spacial score (nSPS) is 26.5. The molecule has 1 aliphatic heterocycles. The Morgan fingerprint density at radius 3 is 2.91 bits per heavy atom. The molecule has 0 amide bonds. The maximum atomic E-state index is 10.7. The smallest absolute Gasteiger partial charge is 0.336 e. The first-order chi connectivity index (χ1) is 5.20. The minimum absolute atomic E-state index is 0.114. The van der Waals surface area contributed by atoms with Gasteiger partial charge in [0.1, 0.15) is 6.04 Å². The van der Waals surface area contributed by atoms with E-state index in [-0.39, 0.29) is 12.8 Å². The molecule has 0 spiro atoms. The third kappa shape index (κ3) is 2.17. The molecule has 0 aromatic rings. The number of rotatable bonds is 0. The first-order valence-electron chi connectivity index (χ1n) is 3.11. The van der Waals surface area contributed by atoms with Gasteiger partial charge < -0.3 is 15.4 Å². The minimum atomic E-state index is -0.754. The number of hydrogen-bond donors (Lipinski definition) is 2. The van der Waals surface area contributed by atoms with E-state index in [1.165, 1.54) is 0 Å². The van der Waals surface area contributed by atoms with Crippen molar-refractivity contribution >= 4 is 11.9 Å². The van der Waals surface area contributed by atoms with Crippen LogP contribution in [-0.2, 0) is 19.3 Å². The van der Waals surface area contributed by atoms with Gasteiger partial charge in [0.05, 0.1) is 0 Å². The summed E-state index contributed by atoms with van der Waals surface area (Å²) >= 11 is 0. The van der Waals surface area contributed by atoms with Gasteiger partial charge in [-0.25, -0.2) is 4.79 Å². The van der Waals surface area contributed by atoms with Crippen molar-refractivity contribution in [3.63, 3.8) is 0 Å². The third-order valence-electron chi connectivity index (χ3n) is 1.26. The molecule has 1 fully saturated rings. The summed E-state index contributed by atoms with van der Waals surface area (Å²) in [4.78, 5) is 29.7. The van der Waals surface area contributed by atoms with Crippen molar-refractivity contribution in [2.75, 3.05) is 0 Å². The predicted molar refractivity (Wildman–Crippen MR) is 32.5 cm³/mol. The van der Waals surface area contributed by atoms with Gasteiger partial charge in [-0.05, 0) is 6.42 Å². The predicted octanol–water partition coefficient (Wildman–Crippen LogP) is -1.39. The molecule has 1 aliphatic rings. The van der Waals surface area contributed by atoms with Crippen LogP contribution in [0.15, 0.2) is 0 Å². The zero-order valence-electron chi connectivity index (χ0n) is 5.70. The van der Waals surface area contributed by atoms with Gasteiger partial charge in [-0.1, -0.05) is 0 Å². The number of hydrogen-bond acceptors (Lipinski definition) is 6. The second kappa shape index (κ2) is 3.31. The molecular weight excluding hydrogens is 152 g/mol. The monoisotopic (exact) mass is 160 g/mol. The van der Waals surface area contributed by atoms with Crippen molar-refractivity contribution in [2.24, 2.45) is 5.73 Å². The van der Waals surface area contributed by atoms with Crippen molar-refractivity contribution in [2.45, 2.75) is 18.9 Å². The van der Waals surface area contributed by atoms with E-state index in [9.17, 15) is 9.59 Å². The number of nitrogens with one attached hydrogen (secondary N) is 1. The van der Waals surface area contributed by atoms with Crippen molar-refractivity contribution < 1.29 is 19.3 Å². The molecule has 1 saturated heterocycles. The van der Waals surface area contributed by atoms with Gasteiger partial charge in [0, 0.05) is 12.1 Å². The first-order valence-corrected chi connectivity index (χ1v) is 3.11. The van der Waals surface area contributed by atoms with E-state index in [1.54, 1.807) is 5.64 Å². The second-order valence-electron chi connectivity index (χ2n) is 2.12. The Balaban J connectivity index is 2.47. The van der Waals surface area contributed by atoms with Gasteiger partial charge >= 0.3 is 11.9 Å². The summed E-state index contributed by atoms with van der Waals surface area (Å²) in [5.41, 5.74) is 7.03. The Morgan fingerprint density at radius 1 is 1.45 bits per heavy atom. The first kappa shape index (κ1) is 7.96. The molecule has 1 heterocycles. The lowest BCUT2D eigenvalue weighted by molar-refractivity contribution is -0.203. The number of carbonyl (C=O) groups excluding carboxylic acids is 2. The van der Waals surface area contributed by atoms with E-state index in [0.717, 1.165) is 0 Å². The Bertz CT molecular complexity index is 181. The number of carbonyl (C=O) groups is 2. The Labute approximate surface area is 62.5 Å². The van der Waals surface area contributed by atoms with E-state index in [4.69, 9.17) is 5.73 Å². The summed E-state index contributed by atoms with van der Waals surface area (Å²) in [5.74, 6) is -1.12. The molecule has 0 aliphatic carbocycles. The molecule has 1 atom stereocenters. The highest BCUT2D eigenvalue weighted by Gasteiger charge is 2.20. The van der Waals surface area contributed by atoms with Crippen LogP contribution < -0.4 is 11.4 Å². The summed E-state index contributed by atoms with van der Waals surface area (Å²) in [6.07, 6.45) is 0.364. The van der Waals surface area contributed by atoms with Crippen LogP contribution in [0.3, 0.4) is 0 Å². The SMILES string of the molecule is N[C@@H]1CCC(=O)ONOC1=O. The molecule has 6 heteroatoms. The average molecular weight is 160 g/mol. The van der Waals surface area contributed by atoms with Crippen LogP contribution in [0.2, 0.25) is 0 Å². The number of nitrogens with two attached hydrogens (primary N) is 1. The molecule has 1 rings (SSSR count). The largest absolute Gasteiger partial charge is 0.345 e. The summed E-state index contributed by atoms with van der Waals surface area (Å²) in [6, 6.07) is -0.754. The lowest BCUT2D eigenvalue weighted by Gasteiger charge is -2.13. The fourth-order valence-corrected chi connectivity index (χ4v) is 0.626. The Hall–Kier alpha value is -1.14. The molecule has 6 nitrogen and oxygen atoms in total. The lowest BCUT2D eigenvalue weighted by Crippen LogP contribution is -2.39. The van der Waals surface area contributed by atoms with Crippen molar-refractivity contribution in [3.05, 3.63) is 0 Å². The van der Waals surface area contributed by atoms with E-state index in [1.807, 2.05) is 0 Å². The maximum Gasteiger partial charge on any atom is 0.345 e. The van der Waals surface area contributed by atoms with E-state index in [2.05, 4.69) is 9.68 Å². The Morgan fingerprint density at radius 2 is 2.18 bits per heavy atom. The van der Waals surface area contributed by atoms with Crippen molar-refractivity contribution in [1.82, 2.24) is 5.64 Å². The summed E-state index contributed by atoms with van der Waals surface area (Å²) in [7, 11) is 0. The summed E-state index contributed by atoms with van der Waals surface area (Å²) < 4.78 is 0. The van der Waals surface area contributed by atoms with Crippen LogP contribution in [0.25, 0.3) is 0 Å². The fraction of sp³-hybridized carbons (Fsp3) is 0.600. The lowest BCUT2D eigenvalue weighted by atomic mass is 10.2. The summed E-state index contributed by atoms with van der Waals surface area (Å²) in [6.45, 7) is 0. The maximum absolute atomic E-state index is 10.7. The highest BCUT2D eigenvalue weighted by Crippen LogP contribution is 2.00. The van der Waals surface area contributed by atoms with Crippen LogP contribution in [0.1, 0.15) is 12.8 Å². The highest BCUT2D eigenvalue weighted by atomic mass is 16.9. The topological polar surface area (TPSA) is 90.7 Å². The molecule has 0 aromatic heterocycles. The molecule has 62 valence electrons.